The molecular formula is C11H15ClN2O. The van der Waals surface area contributed by atoms with E-state index in [-0.39, 0.29) is 5.56 Å². The van der Waals surface area contributed by atoms with E-state index in [1.54, 1.807) is 17.8 Å². The van der Waals surface area contributed by atoms with E-state index in [4.69, 9.17) is 11.6 Å². The molecule has 4 heteroatoms. The van der Waals surface area contributed by atoms with Gasteiger partial charge in [-0.25, -0.2) is 0 Å². The maximum atomic E-state index is 11.4. The summed E-state index contributed by atoms with van der Waals surface area (Å²) in [7, 11) is 1.80. The van der Waals surface area contributed by atoms with Crippen molar-refractivity contribution in [3.05, 3.63) is 33.1 Å². The van der Waals surface area contributed by atoms with Crippen LogP contribution >= 0.6 is 11.6 Å². The Morgan fingerprint density at radius 2 is 1.93 bits per heavy atom. The van der Waals surface area contributed by atoms with E-state index in [1.807, 2.05) is 26.8 Å². The van der Waals surface area contributed by atoms with Gasteiger partial charge in [0.2, 0.25) is 0 Å². The van der Waals surface area contributed by atoms with Gasteiger partial charge in [0, 0.05) is 7.05 Å². The van der Waals surface area contributed by atoms with E-state index in [9.17, 15) is 4.79 Å². The molecule has 0 aliphatic carbocycles. The first-order chi connectivity index (χ1) is 7.11. The summed E-state index contributed by atoms with van der Waals surface area (Å²) in [5.74, 6) is 0. The van der Waals surface area contributed by atoms with E-state index < -0.39 is 0 Å². The number of nitrogens with one attached hydrogen (secondary N) is 1. The van der Waals surface area contributed by atoms with Crippen LogP contribution in [0, 0.1) is 6.92 Å². The summed E-state index contributed by atoms with van der Waals surface area (Å²) < 4.78 is 1.69. The quantitative estimate of drug-likeness (QED) is 0.737. The summed E-state index contributed by atoms with van der Waals surface area (Å²) in [5, 5.41) is 3.75. The van der Waals surface area contributed by atoms with Crippen molar-refractivity contribution in [1.29, 1.82) is 0 Å². The first-order valence-electron chi connectivity index (χ1n) is 4.95. The molecule has 2 rings (SSSR count). The Hall–Kier alpha value is -1.22. The second kappa shape index (κ2) is 4.53. The zero-order chi connectivity index (χ0) is 11.6. The van der Waals surface area contributed by atoms with Crippen LogP contribution in [0.1, 0.15) is 19.4 Å². The van der Waals surface area contributed by atoms with Crippen LogP contribution in [0.2, 0.25) is 5.02 Å². The standard InChI is InChI=1S/C9H9ClN2O.C2H6/c1-5-3-4-6(10)7-8(5)12(2)11-9(7)13;1-2/h3-4H,1-2H3,(H,11,13);1-2H3. The van der Waals surface area contributed by atoms with Gasteiger partial charge in [-0.2, -0.15) is 0 Å². The van der Waals surface area contributed by atoms with E-state index >= 15 is 0 Å². The number of H-pyrrole nitrogens is 1. The number of hydrogen-bond donors (Lipinski definition) is 1. The van der Waals surface area contributed by atoms with Gasteiger partial charge >= 0.3 is 0 Å². The van der Waals surface area contributed by atoms with Crippen molar-refractivity contribution in [2.45, 2.75) is 20.8 Å². The Morgan fingerprint density at radius 1 is 1.33 bits per heavy atom. The van der Waals surface area contributed by atoms with Gasteiger partial charge in [0.25, 0.3) is 5.56 Å². The van der Waals surface area contributed by atoms with Crippen LogP contribution in [0.3, 0.4) is 0 Å². The molecule has 1 heterocycles. The zero-order valence-electron chi connectivity index (χ0n) is 9.39. The van der Waals surface area contributed by atoms with E-state index in [0.29, 0.717) is 10.4 Å². The van der Waals surface area contributed by atoms with Gasteiger partial charge < -0.3 is 0 Å². The summed E-state index contributed by atoms with van der Waals surface area (Å²) in [5.41, 5.74) is 1.78. The number of hydrogen-bond acceptors (Lipinski definition) is 1. The van der Waals surface area contributed by atoms with Gasteiger partial charge in [-0.15, -0.1) is 0 Å². The van der Waals surface area contributed by atoms with Crippen LogP contribution in [0.25, 0.3) is 10.9 Å². The predicted octanol–water partition coefficient (Wildman–Crippen LogP) is 2.85. The number of aromatic amines is 1. The molecule has 0 aliphatic rings. The average molecular weight is 227 g/mol. The minimum Gasteiger partial charge on any atom is -0.287 e. The normalized spacial score (nSPS) is 9.93. The summed E-state index contributed by atoms with van der Waals surface area (Å²) in [6.07, 6.45) is 0. The van der Waals surface area contributed by atoms with Crippen molar-refractivity contribution in [2.75, 3.05) is 0 Å². The zero-order valence-corrected chi connectivity index (χ0v) is 10.1. The first kappa shape index (κ1) is 11.9. The van der Waals surface area contributed by atoms with Gasteiger partial charge in [0.1, 0.15) is 0 Å². The lowest BCUT2D eigenvalue weighted by Gasteiger charge is -1.99. The molecule has 2 aromatic rings. The highest BCUT2D eigenvalue weighted by Crippen LogP contribution is 2.22. The van der Waals surface area contributed by atoms with Crippen LogP contribution in [0.15, 0.2) is 16.9 Å². The minimum atomic E-state index is -0.133. The average Bonchev–Trinajstić information content (AvgIpc) is 2.52. The number of benzene rings is 1. The van der Waals surface area contributed by atoms with E-state index in [2.05, 4.69) is 5.10 Å². The van der Waals surface area contributed by atoms with Crippen molar-refractivity contribution in [2.24, 2.45) is 7.05 Å². The summed E-state index contributed by atoms with van der Waals surface area (Å²) in [4.78, 5) is 11.4. The molecule has 0 bridgehead atoms. The third kappa shape index (κ3) is 1.92. The summed E-state index contributed by atoms with van der Waals surface area (Å²) >= 11 is 5.91. The Balaban J connectivity index is 0.000000531. The number of aromatic nitrogens is 2. The van der Waals surface area contributed by atoms with Gasteiger partial charge in [-0.3, -0.25) is 14.6 Å². The monoisotopic (exact) mass is 226 g/mol. The van der Waals surface area contributed by atoms with Crippen molar-refractivity contribution >= 4 is 22.5 Å². The number of halogens is 1. The largest absolute Gasteiger partial charge is 0.287 e. The van der Waals surface area contributed by atoms with Crippen molar-refractivity contribution in [3.63, 3.8) is 0 Å². The lowest BCUT2D eigenvalue weighted by atomic mass is 10.2. The highest BCUT2D eigenvalue weighted by Gasteiger charge is 2.09. The molecule has 0 spiro atoms. The Labute approximate surface area is 93.7 Å². The topological polar surface area (TPSA) is 37.8 Å². The molecule has 0 saturated carbocycles. The fourth-order valence-electron chi connectivity index (χ4n) is 1.58. The molecular weight excluding hydrogens is 212 g/mol. The molecule has 3 nitrogen and oxygen atoms in total. The number of fused-ring (bicyclic) bond motifs is 1. The first-order valence-corrected chi connectivity index (χ1v) is 5.33. The molecule has 0 atom stereocenters. The minimum absolute atomic E-state index is 0.133. The van der Waals surface area contributed by atoms with Gasteiger partial charge in [-0.05, 0) is 18.6 Å². The molecule has 0 unspecified atom stereocenters. The van der Waals surface area contributed by atoms with Crippen LogP contribution < -0.4 is 5.56 Å². The highest BCUT2D eigenvalue weighted by atomic mass is 35.5. The highest BCUT2D eigenvalue weighted by molar-refractivity contribution is 6.35. The van der Waals surface area contributed by atoms with E-state index in [0.717, 1.165) is 11.1 Å². The third-order valence-corrected chi connectivity index (χ3v) is 2.48. The molecule has 0 saturated heterocycles. The maximum absolute atomic E-state index is 11.4. The molecule has 0 fully saturated rings. The van der Waals surface area contributed by atoms with Gasteiger partial charge in [-0.1, -0.05) is 31.5 Å². The van der Waals surface area contributed by atoms with Crippen molar-refractivity contribution in [1.82, 2.24) is 9.78 Å². The molecule has 0 aliphatic heterocycles. The van der Waals surface area contributed by atoms with Crippen LogP contribution in [0.4, 0.5) is 0 Å². The second-order valence-electron chi connectivity index (χ2n) is 3.09. The molecule has 1 N–H and O–H groups in total. The lowest BCUT2D eigenvalue weighted by molar-refractivity contribution is 0.781. The van der Waals surface area contributed by atoms with Crippen LogP contribution in [-0.4, -0.2) is 9.78 Å². The summed E-state index contributed by atoms with van der Waals surface area (Å²) in [6.45, 7) is 5.95. The van der Waals surface area contributed by atoms with Crippen LogP contribution in [0.5, 0.6) is 0 Å². The number of aryl methyl sites for hydroxylation is 2. The second-order valence-corrected chi connectivity index (χ2v) is 3.50. The van der Waals surface area contributed by atoms with E-state index in [1.165, 1.54) is 0 Å². The predicted molar refractivity (Wildman–Crippen MR) is 64.6 cm³/mol. The van der Waals surface area contributed by atoms with Crippen molar-refractivity contribution in [3.8, 4) is 0 Å². The molecule has 1 aromatic heterocycles. The SMILES string of the molecule is CC.Cc1ccc(Cl)c2c(=O)[nH]n(C)c12. The van der Waals surface area contributed by atoms with Gasteiger partial charge in [0.05, 0.1) is 15.9 Å². The Kier molecular flexibility index (Phi) is 3.58. The summed E-state index contributed by atoms with van der Waals surface area (Å²) in [6, 6.07) is 3.65. The molecule has 15 heavy (non-hydrogen) atoms. The maximum Gasteiger partial charge on any atom is 0.273 e. The Bertz CT molecular complexity index is 525. The molecule has 82 valence electrons. The fraction of sp³-hybridized carbons (Fsp3) is 0.364. The number of rotatable bonds is 0. The Morgan fingerprint density at radius 3 is 2.47 bits per heavy atom. The smallest absolute Gasteiger partial charge is 0.273 e. The molecule has 0 amide bonds. The molecule has 1 aromatic carbocycles. The molecule has 0 radical (unpaired) electrons. The lowest BCUT2D eigenvalue weighted by Crippen LogP contribution is -2.01. The fourth-order valence-corrected chi connectivity index (χ4v) is 1.82. The van der Waals surface area contributed by atoms with Crippen LogP contribution in [-0.2, 0) is 7.05 Å². The number of nitrogens with zero attached hydrogens (tertiary/aromatic N) is 1. The van der Waals surface area contributed by atoms with Crippen molar-refractivity contribution < 1.29 is 0 Å². The third-order valence-electron chi connectivity index (χ3n) is 2.16. The van der Waals surface area contributed by atoms with Gasteiger partial charge in [0.15, 0.2) is 0 Å².